The normalized spacial score (nSPS) is 12.4. The van der Waals surface area contributed by atoms with Gasteiger partial charge < -0.3 is 5.11 Å². The highest BCUT2D eigenvalue weighted by Crippen LogP contribution is 2.30. The summed E-state index contributed by atoms with van der Waals surface area (Å²) < 4.78 is 39.0. The molecule has 18 heavy (non-hydrogen) atoms. The van der Waals surface area contributed by atoms with Crippen LogP contribution in [0.5, 0.6) is 0 Å². The minimum Gasteiger partial charge on any atom is -0.478 e. The molecule has 0 unspecified atom stereocenters. The van der Waals surface area contributed by atoms with Gasteiger partial charge in [0.25, 0.3) is 0 Å². The Hall–Kier alpha value is -2.31. The first-order valence-corrected chi connectivity index (χ1v) is 4.85. The van der Waals surface area contributed by atoms with Crippen LogP contribution in [0.2, 0.25) is 0 Å². The second-order valence-corrected chi connectivity index (χ2v) is 3.45. The zero-order chi connectivity index (χ0) is 13.3. The number of hydrogen-bond acceptors (Lipinski definition) is 2. The Kier molecular flexibility index (Phi) is 2.82. The molecule has 0 radical (unpaired) electrons. The number of rotatable bonds is 2. The molecule has 7 heteroatoms. The molecule has 0 saturated carbocycles. The standard InChI is InChI=1S/C11H7F3N2O2/c12-11(13,14)10-15-7(4-5-9(17)18)8-3-1-2-6-16(8)10/h1-6H,(H,17,18)/b5-4+. The number of carboxylic acid groups (broad SMARTS) is 1. The van der Waals surface area contributed by atoms with E-state index in [-0.39, 0.29) is 11.2 Å². The maximum atomic E-state index is 12.7. The Labute approximate surface area is 99.0 Å². The number of nitrogens with zero attached hydrogens (tertiary/aromatic N) is 2. The predicted octanol–water partition coefficient (Wildman–Crippen LogP) is 2.45. The third-order valence-corrected chi connectivity index (χ3v) is 2.21. The summed E-state index contributed by atoms with van der Waals surface area (Å²) in [5.74, 6) is -2.33. The quantitative estimate of drug-likeness (QED) is 0.839. The van der Waals surface area contributed by atoms with E-state index in [1.54, 1.807) is 6.07 Å². The average molecular weight is 256 g/mol. The Bertz CT molecular complexity index is 629. The summed E-state index contributed by atoms with van der Waals surface area (Å²) >= 11 is 0. The minimum atomic E-state index is -4.60. The van der Waals surface area contributed by atoms with Crippen molar-refractivity contribution in [1.29, 1.82) is 0 Å². The maximum absolute atomic E-state index is 12.7. The molecular formula is C11H7F3N2O2. The third kappa shape index (κ3) is 2.20. The number of hydrogen-bond donors (Lipinski definition) is 1. The molecule has 2 aromatic heterocycles. The molecule has 4 nitrogen and oxygen atoms in total. The zero-order valence-electron chi connectivity index (χ0n) is 8.85. The van der Waals surface area contributed by atoms with Crippen LogP contribution in [-0.2, 0) is 11.0 Å². The molecule has 0 atom stereocenters. The molecule has 0 fully saturated rings. The molecule has 2 rings (SSSR count). The average Bonchev–Trinajstić information content (AvgIpc) is 2.65. The van der Waals surface area contributed by atoms with E-state index < -0.39 is 18.0 Å². The lowest BCUT2D eigenvalue weighted by molar-refractivity contribution is -0.145. The van der Waals surface area contributed by atoms with E-state index in [2.05, 4.69) is 4.98 Å². The number of imidazole rings is 1. The molecule has 1 N–H and O–H groups in total. The monoisotopic (exact) mass is 256 g/mol. The van der Waals surface area contributed by atoms with Crippen molar-refractivity contribution in [2.45, 2.75) is 6.18 Å². The largest absolute Gasteiger partial charge is 0.478 e. The molecule has 0 aliphatic carbocycles. The summed E-state index contributed by atoms with van der Waals surface area (Å²) in [7, 11) is 0. The highest BCUT2D eigenvalue weighted by Gasteiger charge is 2.36. The number of pyridine rings is 1. The van der Waals surface area contributed by atoms with Gasteiger partial charge in [0.2, 0.25) is 5.82 Å². The summed E-state index contributed by atoms with van der Waals surface area (Å²) in [6.45, 7) is 0. The van der Waals surface area contributed by atoms with E-state index in [0.717, 1.165) is 16.6 Å². The fraction of sp³-hybridized carbons (Fsp3) is 0.0909. The lowest BCUT2D eigenvalue weighted by Gasteiger charge is -2.03. The van der Waals surface area contributed by atoms with Crippen molar-refractivity contribution in [3.05, 3.63) is 42.0 Å². The lowest BCUT2D eigenvalue weighted by Crippen LogP contribution is -2.10. The van der Waals surface area contributed by atoms with Gasteiger partial charge in [-0.05, 0) is 18.2 Å². The number of fused-ring (bicyclic) bond motifs is 1. The van der Waals surface area contributed by atoms with Gasteiger partial charge in [-0.2, -0.15) is 13.2 Å². The maximum Gasteiger partial charge on any atom is 0.450 e. The molecule has 0 aromatic carbocycles. The Balaban J connectivity index is 2.65. The van der Waals surface area contributed by atoms with Crippen molar-refractivity contribution in [3.63, 3.8) is 0 Å². The summed E-state index contributed by atoms with van der Waals surface area (Å²) in [6.07, 6.45) is -1.59. The number of carbonyl (C=O) groups is 1. The number of aromatic nitrogens is 2. The Morgan fingerprint density at radius 1 is 1.39 bits per heavy atom. The highest BCUT2D eigenvalue weighted by molar-refractivity contribution is 5.86. The molecule has 0 bridgehead atoms. The van der Waals surface area contributed by atoms with Gasteiger partial charge in [-0.3, -0.25) is 4.40 Å². The van der Waals surface area contributed by atoms with Crippen molar-refractivity contribution < 1.29 is 23.1 Å². The highest BCUT2D eigenvalue weighted by atomic mass is 19.4. The number of aliphatic carboxylic acids is 1. The molecule has 0 saturated heterocycles. The molecule has 2 heterocycles. The van der Waals surface area contributed by atoms with Gasteiger partial charge >= 0.3 is 12.1 Å². The summed E-state index contributed by atoms with van der Waals surface area (Å²) in [5, 5.41) is 8.47. The molecular weight excluding hydrogens is 249 g/mol. The van der Waals surface area contributed by atoms with Crippen LogP contribution in [0.25, 0.3) is 11.6 Å². The van der Waals surface area contributed by atoms with Gasteiger partial charge in [-0.15, -0.1) is 0 Å². The van der Waals surface area contributed by atoms with Crippen LogP contribution < -0.4 is 0 Å². The van der Waals surface area contributed by atoms with Crippen molar-refractivity contribution in [3.8, 4) is 0 Å². The van der Waals surface area contributed by atoms with E-state index in [1.165, 1.54) is 18.3 Å². The number of alkyl halides is 3. The summed E-state index contributed by atoms with van der Waals surface area (Å²) in [5.41, 5.74) is 0.160. The molecule has 94 valence electrons. The van der Waals surface area contributed by atoms with Gasteiger partial charge in [0.05, 0.1) is 11.2 Å². The summed E-state index contributed by atoms with van der Waals surface area (Å²) in [6, 6.07) is 4.42. The predicted molar refractivity (Wildman–Crippen MR) is 56.9 cm³/mol. The van der Waals surface area contributed by atoms with Gasteiger partial charge in [0.15, 0.2) is 0 Å². The molecule has 0 amide bonds. The lowest BCUT2D eigenvalue weighted by atomic mass is 10.3. The van der Waals surface area contributed by atoms with Crippen LogP contribution in [0.1, 0.15) is 11.5 Å². The number of halogens is 3. The van der Waals surface area contributed by atoms with Crippen molar-refractivity contribution >= 4 is 17.6 Å². The molecule has 0 aliphatic rings. The van der Waals surface area contributed by atoms with E-state index in [4.69, 9.17) is 5.11 Å². The van der Waals surface area contributed by atoms with Crippen molar-refractivity contribution in [2.24, 2.45) is 0 Å². The van der Waals surface area contributed by atoms with Crippen LogP contribution in [0.4, 0.5) is 13.2 Å². The fourth-order valence-electron chi connectivity index (χ4n) is 1.53. The smallest absolute Gasteiger partial charge is 0.450 e. The van der Waals surface area contributed by atoms with E-state index in [1.807, 2.05) is 0 Å². The molecule has 0 spiro atoms. The van der Waals surface area contributed by atoms with Crippen molar-refractivity contribution in [2.75, 3.05) is 0 Å². The van der Waals surface area contributed by atoms with Crippen LogP contribution in [-0.4, -0.2) is 20.5 Å². The van der Waals surface area contributed by atoms with E-state index >= 15 is 0 Å². The Morgan fingerprint density at radius 3 is 2.72 bits per heavy atom. The summed E-state index contributed by atoms with van der Waals surface area (Å²) in [4.78, 5) is 13.8. The van der Waals surface area contributed by atoms with Gasteiger partial charge in [-0.25, -0.2) is 9.78 Å². The first-order valence-electron chi connectivity index (χ1n) is 4.85. The van der Waals surface area contributed by atoms with Crippen LogP contribution in [0.3, 0.4) is 0 Å². The first-order chi connectivity index (χ1) is 8.39. The fourth-order valence-corrected chi connectivity index (χ4v) is 1.53. The SMILES string of the molecule is O=C(O)/C=C/c1nc(C(F)(F)F)n2ccccc12. The third-order valence-electron chi connectivity index (χ3n) is 2.21. The molecule has 2 aromatic rings. The van der Waals surface area contributed by atoms with Gasteiger partial charge in [0.1, 0.15) is 0 Å². The minimum absolute atomic E-state index is 0.0367. The Morgan fingerprint density at radius 2 is 2.11 bits per heavy atom. The van der Waals surface area contributed by atoms with Crippen LogP contribution in [0.15, 0.2) is 30.5 Å². The number of carboxylic acids is 1. The van der Waals surface area contributed by atoms with E-state index in [9.17, 15) is 18.0 Å². The van der Waals surface area contributed by atoms with Crippen molar-refractivity contribution in [1.82, 2.24) is 9.38 Å². The van der Waals surface area contributed by atoms with Crippen LogP contribution in [0, 0.1) is 0 Å². The van der Waals surface area contributed by atoms with Gasteiger partial charge in [-0.1, -0.05) is 6.07 Å². The van der Waals surface area contributed by atoms with Crippen LogP contribution >= 0.6 is 0 Å². The topological polar surface area (TPSA) is 54.6 Å². The second-order valence-electron chi connectivity index (χ2n) is 3.45. The second kappa shape index (κ2) is 4.17. The molecule has 0 aliphatic heterocycles. The van der Waals surface area contributed by atoms with Gasteiger partial charge in [0, 0.05) is 12.3 Å². The first kappa shape index (κ1) is 12.2. The zero-order valence-corrected chi connectivity index (χ0v) is 8.85. The van der Waals surface area contributed by atoms with E-state index in [0.29, 0.717) is 0 Å².